The van der Waals surface area contributed by atoms with Crippen molar-refractivity contribution in [1.82, 2.24) is 4.31 Å². The third kappa shape index (κ3) is 3.71. The summed E-state index contributed by atoms with van der Waals surface area (Å²) >= 11 is 5.27. The molecule has 0 spiro atoms. The molecule has 0 aliphatic carbocycles. The van der Waals surface area contributed by atoms with Crippen molar-refractivity contribution < 1.29 is 13.2 Å². The second-order valence-corrected chi connectivity index (χ2v) is 6.95. The molecule has 1 atom stereocenters. The molecule has 0 aromatic carbocycles. The molecule has 0 aromatic heterocycles. The van der Waals surface area contributed by atoms with Crippen LogP contribution in [0.3, 0.4) is 0 Å². The number of carbonyl (C=O) groups excluding carboxylic acids is 1. The Labute approximate surface area is 102 Å². The van der Waals surface area contributed by atoms with Crippen LogP contribution in [-0.4, -0.2) is 36.8 Å². The maximum absolute atomic E-state index is 11.9. The summed E-state index contributed by atoms with van der Waals surface area (Å²) in [6, 6.07) is 0. The van der Waals surface area contributed by atoms with Crippen LogP contribution in [-0.2, 0) is 14.8 Å². The van der Waals surface area contributed by atoms with E-state index in [4.69, 9.17) is 11.6 Å². The lowest BCUT2D eigenvalue weighted by Crippen LogP contribution is -2.40. The van der Waals surface area contributed by atoms with E-state index in [2.05, 4.69) is 6.92 Å². The standard InChI is InChI=1S/C10H18ClNO3S/c1-8-3-5-12(6-4-8)16(14,15)7-9(2)10(11)13/h8-9H,3-7H2,1-2H3. The van der Waals surface area contributed by atoms with E-state index in [0.29, 0.717) is 19.0 Å². The fraction of sp³-hybridized carbons (Fsp3) is 0.900. The molecule has 0 saturated carbocycles. The monoisotopic (exact) mass is 267 g/mol. The Bertz CT molecular complexity index is 347. The number of carbonyl (C=O) groups is 1. The SMILES string of the molecule is CC1CCN(S(=O)(=O)CC(C)C(=O)Cl)CC1. The van der Waals surface area contributed by atoms with Gasteiger partial charge in [0.1, 0.15) is 0 Å². The summed E-state index contributed by atoms with van der Waals surface area (Å²) in [6.07, 6.45) is 1.78. The third-order valence-electron chi connectivity index (χ3n) is 2.98. The highest BCUT2D eigenvalue weighted by molar-refractivity contribution is 7.89. The summed E-state index contributed by atoms with van der Waals surface area (Å²) in [4.78, 5) is 10.8. The van der Waals surface area contributed by atoms with E-state index in [0.717, 1.165) is 12.8 Å². The fourth-order valence-electron chi connectivity index (χ4n) is 1.75. The summed E-state index contributed by atoms with van der Waals surface area (Å²) in [5.41, 5.74) is 0. The van der Waals surface area contributed by atoms with Crippen LogP contribution in [0.15, 0.2) is 0 Å². The van der Waals surface area contributed by atoms with Gasteiger partial charge in [-0.25, -0.2) is 12.7 Å². The lowest BCUT2D eigenvalue weighted by Gasteiger charge is -2.29. The van der Waals surface area contributed by atoms with Gasteiger partial charge >= 0.3 is 0 Å². The second kappa shape index (κ2) is 5.47. The predicted octanol–water partition coefficient (Wildman–Crippen LogP) is 1.45. The maximum atomic E-state index is 11.9. The van der Waals surface area contributed by atoms with Crippen LogP contribution in [0.5, 0.6) is 0 Å². The van der Waals surface area contributed by atoms with Crippen molar-refractivity contribution in [3.63, 3.8) is 0 Å². The van der Waals surface area contributed by atoms with Crippen LogP contribution in [0.4, 0.5) is 0 Å². The highest BCUT2D eigenvalue weighted by Crippen LogP contribution is 2.20. The summed E-state index contributed by atoms with van der Waals surface area (Å²) in [6.45, 7) is 4.79. The van der Waals surface area contributed by atoms with Crippen molar-refractivity contribution in [2.24, 2.45) is 11.8 Å². The van der Waals surface area contributed by atoms with Gasteiger partial charge in [0.15, 0.2) is 0 Å². The summed E-state index contributed by atoms with van der Waals surface area (Å²) < 4.78 is 25.3. The molecular weight excluding hydrogens is 250 g/mol. The van der Waals surface area contributed by atoms with Crippen molar-refractivity contribution in [2.45, 2.75) is 26.7 Å². The van der Waals surface area contributed by atoms with Crippen LogP contribution in [0.1, 0.15) is 26.7 Å². The molecular formula is C10H18ClNO3S. The van der Waals surface area contributed by atoms with Gasteiger partial charge in [-0.3, -0.25) is 4.79 Å². The minimum atomic E-state index is -3.32. The first-order valence-corrected chi connectivity index (χ1v) is 7.49. The van der Waals surface area contributed by atoms with Crippen molar-refractivity contribution in [2.75, 3.05) is 18.8 Å². The lowest BCUT2D eigenvalue weighted by atomic mass is 10.0. The minimum absolute atomic E-state index is 0.177. The molecule has 1 fully saturated rings. The second-order valence-electron chi connectivity index (χ2n) is 4.57. The molecule has 94 valence electrons. The Morgan fingerprint density at radius 1 is 1.44 bits per heavy atom. The van der Waals surface area contributed by atoms with Gasteiger partial charge in [0.05, 0.1) is 5.75 Å². The van der Waals surface area contributed by atoms with E-state index in [1.807, 2.05) is 0 Å². The average Bonchev–Trinajstić information content (AvgIpc) is 2.17. The zero-order chi connectivity index (χ0) is 12.3. The van der Waals surface area contributed by atoms with Crippen molar-refractivity contribution in [3.8, 4) is 0 Å². The molecule has 1 rings (SSSR count). The average molecular weight is 268 g/mol. The molecule has 0 N–H and O–H groups in total. The number of halogens is 1. The predicted molar refractivity (Wildman–Crippen MR) is 63.8 cm³/mol. The van der Waals surface area contributed by atoms with E-state index >= 15 is 0 Å². The van der Waals surface area contributed by atoms with E-state index in [-0.39, 0.29) is 5.75 Å². The largest absolute Gasteiger partial charge is 0.281 e. The highest BCUT2D eigenvalue weighted by atomic mass is 35.5. The molecule has 0 bridgehead atoms. The van der Waals surface area contributed by atoms with Crippen LogP contribution in [0, 0.1) is 11.8 Å². The van der Waals surface area contributed by atoms with Gasteiger partial charge in [-0.1, -0.05) is 13.8 Å². The number of hydrogen-bond donors (Lipinski definition) is 0. The van der Waals surface area contributed by atoms with E-state index in [9.17, 15) is 13.2 Å². The van der Waals surface area contributed by atoms with Gasteiger partial charge < -0.3 is 0 Å². The molecule has 0 aromatic rings. The number of rotatable bonds is 4. The van der Waals surface area contributed by atoms with Gasteiger partial charge in [-0.05, 0) is 30.4 Å². The molecule has 1 aliphatic heterocycles. The van der Waals surface area contributed by atoms with Crippen molar-refractivity contribution in [1.29, 1.82) is 0 Å². The Hall–Kier alpha value is -0.130. The maximum Gasteiger partial charge on any atom is 0.225 e. The van der Waals surface area contributed by atoms with E-state index in [1.165, 1.54) is 4.31 Å². The molecule has 1 heterocycles. The van der Waals surface area contributed by atoms with Gasteiger partial charge in [-0.15, -0.1) is 0 Å². The quantitative estimate of drug-likeness (QED) is 0.725. The van der Waals surface area contributed by atoms with E-state index in [1.54, 1.807) is 6.92 Å². The molecule has 16 heavy (non-hydrogen) atoms. The minimum Gasteiger partial charge on any atom is -0.281 e. The third-order valence-corrected chi connectivity index (χ3v) is 5.43. The molecule has 1 unspecified atom stereocenters. The topological polar surface area (TPSA) is 54.5 Å². The zero-order valence-electron chi connectivity index (χ0n) is 9.65. The molecule has 1 saturated heterocycles. The van der Waals surface area contributed by atoms with Crippen molar-refractivity contribution in [3.05, 3.63) is 0 Å². The van der Waals surface area contributed by atoms with Crippen LogP contribution in [0.25, 0.3) is 0 Å². The molecule has 6 heteroatoms. The highest BCUT2D eigenvalue weighted by Gasteiger charge is 2.29. The molecule has 0 amide bonds. The molecule has 0 radical (unpaired) electrons. The van der Waals surface area contributed by atoms with Crippen LogP contribution >= 0.6 is 11.6 Å². The smallest absolute Gasteiger partial charge is 0.225 e. The first-order chi connectivity index (χ1) is 7.33. The number of nitrogens with zero attached hydrogens (tertiary/aromatic N) is 1. The lowest BCUT2D eigenvalue weighted by molar-refractivity contribution is -0.114. The van der Waals surface area contributed by atoms with Gasteiger partial charge in [0.2, 0.25) is 15.3 Å². The summed E-state index contributed by atoms with van der Waals surface area (Å²) in [5.74, 6) is -0.228. The van der Waals surface area contributed by atoms with E-state index < -0.39 is 21.2 Å². The van der Waals surface area contributed by atoms with Gasteiger partial charge in [-0.2, -0.15) is 0 Å². The normalized spacial score (nSPS) is 21.9. The number of hydrogen-bond acceptors (Lipinski definition) is 3. The first-order valence-electron chi connectivity index (χ1n) is 5.50. The molecule has 1 aliphatic rings. The Morgan fingerprint density at radius 3 is 2.38 bits per heavy atom. The summed E-state index contributed by atoms with van der Waals surface area (Å²) in [5, 5.41) is -0.589. The van der Waals surface area contributed by atoms with Crippen LogP contribution in [0.2, 0.25) is 0 Å². The number of piperidine rings is 1. The Morgan fingerprint density at radius 2 is 1.94 bits per heavy atom. The summed E-state index contributed by atoms with van der Waals surface area (Å²) in [7, 11) is -3.32. The molecule has 4 nitrogen and oxygen atoms in total. The van der Waals surface area contributed by atoms with Crippen molar-refractivity contribution >= 4 is 26.9 Å². The zero-order valence-corrected chi connectivity index (χ0v) is 11.2. The Balaban J connectivity index is 2.60. The van der Waals surface area contributed by atoms with Gasteiger partial charge in [0.25, 0.3) is 0 Å². The fourth-order valence-corrected chi connectivity index (χ4v) is 3.68. The first kappa shape index (κ1) is 13.9. The number of sulfonamides is 1. The van der Waals surface area contributed by atoms with Gasteiger partial charge in [0, 0.05) is 19.0 Å². The van der Waals surface area contributed by atoms with Crippen LogP contribution < -0.4 is 0 Å². The Kier molecular flexibility index (Phi) is 4.76.